The predicted molar refractivity (Wildman–Crippen MR) is 106 cm³/mol. The molecule has 0 unspecified atom stereocenters. The zero-order valence-corrected chi connectivity index (χ0v) is 15.7. The van der Waals surface area contributed by atoms with E-state index in [1.165, 1.54) is 0 Å². The second kappa shape index (κ2) is 6.01. The van der Waals surface area contributed by atoms with Gasteiger partial charge in [0.05, 0.1) is 17.5 Å². The molecule has 0 bridgehead atoms. The summed E-state index contributed by atoms with van der Waals surface area (Å²) >= 11 is 0. The third-order valence-electron chi connectivity index (χ3n) is 6.20. The van der Waals surface area contributed by atoms with Crippen LogP contribution in [0.4, 0.5) is 0 Å². The highest BCUT2D eigenvalue weighted by atomic mass is 16.6. The lowest BCUT2D eigenvalue weighted by Crippen LogP contribution is -2.31. The van der Waals surface area contributed by atoms with Gasteiger partial charge in [-0.1, -0.05) is 18.2 Å². The van der Waals surface area contributed by atoms with E-state index < -0.39 is 5.60 Å². The number of imidazole rings is 1. The van der Waals surface area contributed by atoms with Crippen LogP contribution < -0.4 is 0 Å². The van der Waals surface area contributed by atoms with Crippen LogP contribution in [-0.2, 0) is 10.3 Å². The van der Waals surface area contributed by atoms with E-state index in [0.29, 0.717) is 17.0 Å². The molecule has 1 saturated carbocycles. The van der Waals surface area contributed by atoms with Gasteiger partial charge in [-0.2, -0.15) is 0 Å². The molecular weight excluding hydrogens is 366 g/mol. The maximum atomic E-state index is 12.3. The van der Waals surface area contributed by atoms with Gasteiger partial charge in [-0.3, -0.25) is 0 Å². The fraction of sp³-hybridized carbons (Fsp3) is 0.273. The molecule has 2 N–H and O–H groups in total. The number of carbonyl (C=O) groups is 1. The second-order valence-electron chi connectivity index (χ2n) is 7.84. The summed E-state index contributed by atoms with van der Waals surface area (Å²) in [5.74, 6) is 1.66. The van der Waals surface area contributed by atoms with Gasteiger partial charge in [-0.25, -0.2) is 19.7 Å². The summed E-state index contributed by atoms with van der Waals surface area (Å²) in [5, 5.41) is 0. The third kappa shape index (κ3) is 2.50. The monoisotopic (exact) mass is 385 g/mol. The first-order valence-electron chi connectivity index (χ1n) is 9.91. The maximum Gasteiger partial charge on any atom is 0.339 e. The van der Waals surface area contributed by atoms with Crippen molar-refractivity contribution in [2.24, 2.45) is 0 Å². The predicted octanol–water partition coefficient (Wildman–Crippen LogP) is 4.07. The zero-order valence-electron chi connectivity index (χ0n) is 15.7. The zero-order chi connectivity index (χ0) is 19.4. The molecule has 1 aliphatic heterocycles. The van der Waals surface area contributed by atoms with Crippen LogP contribution in [0, 0.1) is 0 Å². The summed E-state index contributed by atoms with van der Waals surface area (Å²) in [7, 11) is 0. The van der Waals surface area contributed by atoms with E-state index in [4.69, 9.17) is 9.72 Å². The first-order valence-corrected chi connectivity index (χ1v) is 9.91. The van der Waals surface area contributed by atoms with Crippen LogP contribution >= 0.6 is 0 Å². The summed E-state index contributed by atoms with van der Waals surface area (Å²) in [5.41, 5.74) is 3.66. The Hall–Kier alpha value is -3.48. The molecule has 4 aromatic rings. The van der Waals surface area contributed by atoms with Gasteiger partial charge in [0, 0.05) is 17.7 Å². The van der Waals surface area contributed by atoms with Crippen molar-refractivity contribution in [3.8, 4) is 11.5 Å². The van der Waals surface area contributed by atoms with E-state index in [2.05, 4.69) is 19.9 Å². The Balaban J connectivity index is 1.27. The molecule has 0 amide bonds. The van der Waals surface area contributed by atoms with Gasteiger partial charge in [0.2, 0.25) is 0 Å². The average molecular weight is 385 g/mol. The normalized spacial score (nSPS) is 23.4. The second-order valence-corrected chi connectivity index (χ2v) is 7.84. The van der Waals surface area contributed by atoms with E-state index in [9.17, 15) is 4.79 Å². The Morgan fingerprint density at radius 1 is 1.07 bits per heavy atom. The third-order valence-corrected chi connectivity index (χ3v) is 6.20. The number of ether oxygens (including phenoxy) is 1. The van der Waals surface area contributed by atoms with Crippen molar-refractivity contribution in [1.82, 2.24) is 24.9 Å². The van der Waals surface area contributed by atoms with Gasteiger partial charge in [-0.15, -0.1) is 0 Å². The van der Waals surface area contributed by atoms with E-state index >= 15 is 0 Å². The summed E-state index contributed by atoms with van der Waals surface area (Å²) < 4.78 is 5.87. The maximum absolute atomic E-state index is 12.3. The number of nitrogens with zero attached hydrogens (tertiary/aromatic N) is 3. The summed E-state index contributed by atoms with van der Waals surface area (Å²) in [4.78, 5) is 32.6. The highest BCUT2D eigenvalue weighted by Gasteiger charge is 2.47. The van der Waals surface area contributed by atoms with Crippen LogP contribution in [-0.4, -0.2) is 30.9 Å². The van der Waals surface area contributed by atoms with Crippen molar-refractivity contribution >= 4 is 17.1 Å². The Kier molecular flexibility index (Phi) is 3.41. The van der Waals surface area contributed by atoms with Crippen molar-refractivity contribution in [2.45, 2.75) is 37.2 Å². The number of aromatic nitrogens is 5. The Labute approximate surface area is 166 Å². The molecule has 3 aromatic heterocycles. The quantitative estimate of drug-likeness (QED) is 0.507. The van der Waals surface area contributed by atoms with Gasteiger partial charge in [0.1, 0.15) is 16.9 Å². The SMILES string of the molecule is O=C1O[C@]2(CC[C@H](c3nc4nc(-c5ccc[nH]5)ncc4[nH]3)CC2)c2ccccc21. The number of fused-ring (bicyclic) bond motifs is 3. The molecule has 1 aromatic carbocycles. The van der Waals surface area contributed by atoms with Gasteiger partial charge in [0.15, 0.2) is 11.5 Å². The molecule has 7 heteroatoms. The van der Waals surface area contributed by atoms with Gasteiger partial charge in [-0.05, 0) is 43.9 Å². The van der Waals surface area contributed by atoms with E-state index in [-0.39, 0.29) is 11.9 Å². The Bertz CT molecular complexity index is 1220. The number of nitrogens with one attached hydrogen (secondary N) is 2. The summed E-state index contributed by atoms with van der Waals surface area (Å²) in [6.07, 6.45) is 7.05. The molecule has 1 spiro atoms. The summed E-state index contributed by atoms with van der Waals surface area (Å²) in [6, 6.07) is 11.6. The fourth-order valence-corrected chi connectivity index (χ4v) is 4.69. The molecule has 0 atom stereocenters. The molecule has 1 fully saturated rings. The van der Waals surface area contributed by atoms with Crippen LogP contribution in [0.25, 0.3) is 22.7 Å². The van der Waals surface area contributed by atoms with Crippen LogP contribution in [0.5, 0.6) is 0 Å². The lowest BCUT2D eigenvalue weighted by molar-refractivity contribution is -0.0312. The van der Waals surface area contributed by atoms with Crippen LogP contribution in [0.3, 0.4) is 0 Å². The highest BCUT2D eigenvalue weighted by molar-refractivity contribution is 5.94. The number of hydrogen-bond donors (Lipinski definition) is 2. The van der Waals surface area contributed by atoms with Crippen LogP contribution in [0.15, 0.2) is 48.8 Å². The van der Waals surface area contributed by atoms with Crippen molar-refractivity contribution < 1.29 is 9.53 Å². The lowest BCUT2D eigenvalue weighted by atomic mass is 9.75. The minimum Gasteiger partial charge on any atom is -0.451 e. The van der Waals surface area contributed by atoms with E-state index in [1.807, 2.05) is 42.6 Å². The van der Waals surface area contributed by atoms with Crippen LogP contribution in [0.1, 0.15) is 53.3 Å². The van der Waals surface area contributed by atoms with Crippen LogP contribution in [0.2, 0.25) is 0 Å². The molecule has 144 valence electrons. The largest absolute Gasteiger partial charge is 0.451 e. The molecule has 4 heterocycles. The molecule has 7 nitrogen and oxygen atoms in total. The number of rotatable bonds is 2. The van der Waals surface area contributed by atoms with Crippen molar-refractivity contribution in [3.05, 3.63) is 65.7 Å². The summed E-state index contributed by atoms with van der Waals surface area (Å²) in [6.45, 7) is 0. The standard InChI is InChI=1S/C22H19N5O2/c28-21-14-4-1-2-5-15(14)22(29-21)9-7-13(8-10-22)18-25-17-12-24-19(27-20(17)26-18)16-6-3-11-23-16/h1-6,11-13,23H,7-10H2,(H,24,25,26,27)/t13-,22-. The van der Waals surface area contributed by atoms with E-state index in [0.717, 1.165) is 48.3 Å². The molecule has 29 heavy (non-hydrogen) atoms. The number of esters is 1. The molecule has 0 saturated heterocycles. The van der Waals surface area contributed by atoms with Crippen molar-refractivity contribution in [2.75, 3.05) is 0 Å². The molecule has 2 aliphatic rings. The Morgan fingerprint density at radius 3 is 2.76 bits per heavy atom. The van der Waals surface area contributed by atoms with E-state index in [1.54, 1.807) is 6.20 Å². The van der Waals surface area contributed by atoms with Crippen molar-refractivity contribution in [1.29, 1.82) is 0 Å². The Morgan fingerprint density at radius 2 is 1.93 bits per heavy atom. The molecule has 1 aliphatic carbocycles. The molecule has 0 radical (unpaired) electrons. The highest BCUT2D eigenvalue weighted by Crippen LogP contribution is 2.49. The minimum absolute atomic E-state index is 0.199. The molecular formula is C22H19N5O2. The topological polar surface area (TPSA) is 96.6 Å². The number of benzene rings is 1. The smallest absolute Gasteiger partial charge is 0.339 e. The lowest BCUT2D eigenvalue weighted by Gasteiger charge is -2.35. The van der Waals surface area contributed by atoms with Gasteiger partial charge < -0.3 is 14.7 Å². The number of aromatic amines is 2. The number of hydrogen-bond acceptors (Lipinski definition) is 5. The fourth-order valence-electron chi connectivity index (χ4n) is 4.69. The first-order chi connectivity index (χ1) is 14.2. The average Bonchev–Trinajstić information content (AvgIpc) is 3.48. The molecule has 6 rings (SSSR count). The van der Waals surface area contributed by atoms with Gasteiger partial charge >= 0.3 is 5.97 Å². The minimum atomic E-state index is -0.475. The van der Waals surface area contributed by atoms with Crippen molar-refractivity contribution in [3.63, 3.8) is 0 Å². The number of carbonyl (C=O) groups excluding carboxylic acids is 1. The first kappa shape index (κ1) is 16.5. The number of H-pyrrole nitrogens is 2. The van der Waals surface area contributed by atoms with Gasteiger partial charge in [0.25, 0.3) is 0 Å².